The highest BCUT2D eigenvalue weighted by molar-refractivity contribution is 5.88. The standard InChI is InChI=1S/C10H18N2O4/c1-3-6(8(13)14)12-9(15)10(2)5-16-4-7(10)11/h6-7H,3-5,11H2,1-2H3,(H,12,15)(H,13,14)/t6-,7?,10?/m0/s1. The van der Waals surface area contributed by atoms with Crippen molar-refractivity contribution in [1.82, 2.24) is 5.32 Å². The molecular formula is C10H18N2O4. The number of ether oxygens (including phenoxy) is 1. The minimum atomic E-state index is -1.04. The Bertz CT molecular complexity index is 295. The molecule has 1 fully saturated rings. The zero-order valence-corrected chi connectivity index (χ0v) is 9.53. The fourth-order valence-electron chi connectivity index (χ4n) is 1.58. The van der Waals surface area contributed by atoms with Gasteiger partial charge in [0.05, 0.1) is 18.6 Å². The number of carbonyl (C=O) groups excluding carboxylic acids is 1. The van der Waals surface area contributed by atoms with Gasteiger partial charge in [0.2, 0.25) is 5.91 Å². The van der Waals surface area contributed by atoms with Crippen molar-refractivity contribution in [2.24, 2.45) is 11.1 Å². The third-order valence-corrected chi connectivity index (χ3v) is 3.05. The molecule has 4 N–H and O–H groups in total. The molecule has 92 valence electrons. The van der Waals surface area contributed by atoms with E-state index in [9.17, 15) is 9.59 Å². The van der Waals surface area contributed by atoms with Crippen molar-refractivity contribution in [3.8, 4) is 0 Å². The number of carboxylic acid groups (broad SMARTS) is 1. The van der Waals surface area contributed by atoms with Gasteiger partial charge in [-0.3, -0.25) is 4.79 Å². The summed E-state index contributed by atoms with van der Waals surface area (Å²) in [4.78, 5) is 22.7. The zero-order chi connectivity index (χ0) is 12.3. The van der Waals surface area contributed by atoms with Gasteiger partial charge in [-0.25, -0.2) is 4.79 Å². The fraction of sp³-hybridized carbons (Fsp3) is 0.800. The molecule has 1 aliphatic heterocycles. The number of nitrogens with two attached hydrogens (primary N) is 1. The fourth-order valence-corrected chi connectivity index (χ4v) is 1.58. The van der Waals surface area contributed by atoms with Crippen LogP contribution in [0.15, 0.2) is 0 Å². The van der Waals surface area contributed by atoms with Gasteiger partial charge in [0.25, 0.3) is 0 Å². The Labute approximate surface area is 94.1 Å². The molecule has 1 aliphatic rings. The Morgan fingerprint density at radius 2 is 2.31 bits per heavy atom. The summed E-state index contributed by atoms with van der Waals surface area (Å²) in [5, 5.41) is 11.3. The van der Waals surface area contributed by atoms with Crippen LogP contribution in [0.3, 0.4) is 0 Å². The molecule has 0 aliphatic carbocycles. The highest BCUT2D eigenvalue weighted by atomic mass is 16.5. The first-order chi connectivity index (χ1) is 7.41. The van der Waals surface area contributed by atoms with E-state index >= 15 is 0 Å². The van der Waals surface area contributed by atoms with Crippen LogP contribution < -0.4 is 11.1 Å². The number of carbonyl (C=O) groups is 2. The topological polar surface area (TPSA) is 102 Å². The summed E-state index contributed by atoms with van der Waals surface area (Å²) < 4.78 is 5.14. The van der Waals surface area contributed by atoms with Crippen LogP contribution in [0.1, 0.15) is 20.3 Å². The van der Waals surface area contributed by atoms with Gasteiger partial charge in [-0.15, -0.1) is 0 Å². The number of hydrogen-bond acceptors (Lipinski definition) is 4. The van der Waals surface area contributed by atoms with Crippen LogP contribution in [0.5, 0.6) is 0 Å². The number of aliphatic carboxylic acids is 1. The van der Waals surface area contributed by atoms with Gasteiger partial charge in [0.15, 0.2) is 0 Å². The Morgan fingerprint density at radius 3 is 2.69 bits per heavy atom. The molecule has 0 radical (unpaired) electrons. The Kier molecular flexibility index (Phi) is 3.88. The molecule has 0 aromatic rings. The maximum atomic E-state index is 11.9. The maximum Gasteiger partial charge on any atom is 0.326 e. The predicted molar refractivity (Wildman–Crippen MR) is 56.8 cm³/mol. The van der Waals surface area contributed by atoms with Crippen molar-refractivity contribution in [2.75, 3.05) is 13.2 Å². The molecule has 1 saturated heterocycles. The van der Waals surface area contributed by atoms with Gasteiger partial charge in [-0.05, 0) is 13.3 Å². The Hall–Kier alpha value is -1.14. The number of hydrogen-bond donors (Lipinski definition) is 3. The Morgan fingerprint density at radius 1 is 1.69 bits per heavy atom. The lowest BCUT2D eigenvalue weighted by molar-refractivity contribution is -0.144. The lowest BCUT2D eigenvalue weighted by Gasteiger charge is -2.27. The van der Waals surface area contributed by atoms with Gasteiger partial charge in [0.1, 0.15) is 6.04 Å². The van der Waals surface area contributed by atoms with E-state index in [-0.39, 0.29) is 18.6 Å². The molecule has 0 saturated carbocycles. The molecule has 16 heavy (non-hydrogen) atoms. The first-order valence-electron chi connectivity index (χ1n) is 5.29. The Balaban J connectivity index is 2.67. The SMILES string of the molecule is CC[C@H](NC(=O)C1(C)COCC1N)C(=O)O. The first kappa shape index (κ1) is 12.9. The van der Waals surface area contributed by atoms with Crippen LogP contribution in [0.25, 0.3) is 0 Å². The molecule has 0 aromatic carbocycles. The van der Waals surface area contributed by atoms with E-state index < -0.39 is 17.4 Å². The molecule has 1 amide bonds. The van der Waals surface area contributed by atoms with Crippen LogP contribution in [-0.4, -0.2) is 42.3 Å². The molecule has 0 spiro atoms. The van der Waals surface area contributed by atoms with Gasteiger partial charge < -0.3 is 20.9 Å². The van der Waals surface area contributed by atoms with Gasteiger partial charge in [-0.2, -0.15) is 0 Å². The summed E-state index contributed by atoms with van der Waals surface area (Å²) in [6.07, 6.45) is 0.341. The second-order valence-electron chi connectivity index (χ2n) is 4.31. The van der Waals surface area contributed by atoms with Crippen molar-refractivity contribution in [3.05, 3.63) is 0 Å². The monoisotopic (exact) mass is 230 g/mol. The van der Waals surface area contributed by atoms with Crippen LogP contribution in [0, 0.1) is 5.41 Å². The van der Waals surface area contributed by atoms with E-state index in [1.54, 1.807) is 13.8 Å². The minimum Gasteiger partial charge on any atom is -0.480 e. The number of amides is 1. The minimum absolute atomic E-state index is 0.232. The second-order valence-corrected chi connectivity index (χ2v) is 4.31. The maximum absolute atomic E-state index is 11.9. The molecule has 0 aromatic heterocycles. The van der Waals surface area contributed by atoms with Gasteiger partial charge in [0, 0.05) is 6.04 Å². The highest BCUT2D eigenvalue weighted by Gasteiger charge is 2.45. The lowest BCUT2D eigenvalue weighted by Crippen LogP contribution is -2.53. The highest BCUT2D eigenvalue weighted by Crippen LogP contribution is 2.27. The van der Waals surface area contributed by atoms with Crippen molar-refractivity contribution in [3.63, 3.8) is 0 Å². The van der Waals surface area contributed by atoms with Crippen LogP contribution in [-0.2, 0) is 14.3 Å². The van der Waals surface area contributed by atoms with Crippen molar-refractivity contribution < 1.29 is 19.4 Å². The van der Waals surface area contributed by atoms with E-state index in [0.29, 0.717) is 13.0 Å². The third-order valence-electron chi connectivity index (χ3n) is 3.05. The van der Waals surface area contributed by atoms with Gasteiger partial charge >= 0.3 is 5.97 Å². The molecular weight excluding hydrogens is 212 g/mol. The molecule has 6 nitrogen and oxygen atoms in total. The van der Waals surface area contributed by atoms with Crippen LogP contribution in [0.2, 0.25) is 0 Å². The summed E-state index contributed by atoms with van der Waals surface area (Å²) in [6, 6.07) is -1.25. The van der Waals surface area contributed by atoms with E-state index in [0.717, 1.165) is 0 Å². The normalized spacial score (nSPS) is 31.1. The molecule has 2 unspecified atom stereocenters. The smallest absolute Gasteiger partial charge is 0.326 e. The summed E-state index contributed by atoms with van der Waals surface area (Å²) in [5.41, 5.74) is 4.94. The summed E-state index contributed by atoms with van der Waals surface area (Å²) in [6.45, 7) is 3.95. The van der Waals surface area contributed by atoms with Crippen molar-refractivity contribution in [2.45, 2.75) is 32.4 Å². The molecule has 1 rings (SSSR count). The first-order valence-corrected chi connectivity index (χ1v) is 5.29. The van der Waals surface area contributed by atoms with Gasteiger partial charge in [-0.1, -0.05) is 6.92 Å². The van der Waals surface area contributed by atoms with Crippen LogP contribution in [0.4, 0.5) is 0 Å². The average molecular weight is 230 g/mol. The second kappa shape index (κ2) is 4.80. The lowest BCUT2D eigenvalue weighted by atomic mass is 9.84. The largest absolute Gasteiger partial charge is 0.480 e. The number of nitrogens with one attached hydrogen (secondary N) is 1. The van der Waals surface area contributed by atoms with E-state index in [1.165, 1.54) is 0 Å². The van der Waals surface area contributed by atoms with E-state index in [1.807, 2.05) is 0 Å². The van der Waals surface area contributed by atoms with Crippen LogP contribution >= 0.6 is 0 Å². The number of rotatable bonds is 4. The molecule has 6 heteroatoms. The van der Waals surface area contributed by atoms with E-state index in [4.69, 9.17) is 15.6 Å². The zero-order valence-electron chi connectivity index (χ0n) is 9.53. The van der Waals surface area contributed by atoms with E-state index in [2.05, 4.69) is 5.32 Å². The third kappa shape index (κ3) is 2.33. The summed E-state index contributed by atoms with van der Waals surface area (Å²) in [7, 11) is 0. The molecule has 0 bridgehead atoms. The predicted octanol–water partition coefficient (Wildman–Crippen LogP) is -0.670. The summed E-state index contributed by atoms with van der Waals surface area (Å²) in [5.74, 6) is -1.39. The quantitative estimate of drug-likeness (QED) is 0.594. The van der Waals surface area contributed by atoms with Crippen molar-refractivity contribution in [1.29, 1.82) is 0 Å². The van der Waals surface area contributed by atoms with Crippen molar-refractivity contribution >= 4 is 11.9 Å². The number of carboxylic acids is 1. The summed E-state index contributed by atoms with van der Waals surface area (Å²) >= 11 is 0. The molecule has 3 atom stereocenters. The average Bonchev–Trinajstić information content (AvgIpc) is 2.56. The molecule has 1 heterocycles.